The molecule has 0 aromatic heterocycles. The summed E-state index contributed by atoms with van der Waals surface area (Å²) in [6.45, 7) is 5.63. The fraction of sp³-hybridized carbons (Fsp3) is 0.588. The number of nitrogen functional groups attached to an aromatic ring is 1. The Balaban J connectivity index is 1.63. The molecule has 1 heterocycles. The fourth-order valence-electron chi connectivity index (χ4n) is 3.62. The topological polar surface area (TPSA) is 49.6 Å². The molecule has 1 saturated heterocycles. The highest BCUT2D eigenvalue weighted by Crippen LogP contribution is 2.25. The van der Waals surface area contributed by atoms with Crippen molar-refractivity contribution in [3.63, 3.8) is 0 Å². The Labute approximate surface area is 126 Å². The van der Waals surface area contributed by atoms with Gasteiger partial charge in [-0.3, -0.25) is 9.69 Å². The van der Waals surface area contributed by atoms with Gasteiger partial charge in [-0.05, 0) is 37.5 Å². The van der Waals surface area contributed by atoms with Crippen LogP contribution < -0.4 is 5.73 Å². The predicted molar refractivity (Wildman–Crippen MR) is 85.3 cm³/mol. The van der Waals surface area contributed by atoms with E-state index in [2.05, 4.69) is 4.90 Å². The average molecular weight is 287 g/mol. The SMILES string of the molecule is Cc1c(N)cccc1C(=O)N1CCN(C2CCCC2)CC1. The van der Waals surface area contributed by atoms with Crippen LogP contribution in [0.25, 0.3) is 0 Å². The Hall–Kier alpha value is -1.55. The molecule has 0 bridgehead atoms. The van der Waals surface area contributed by atoms with Crippen molar-refractivity contribution in [3.05, 3.63) is 29.3 Å². The number of carbonyl (C=O) groups excluding carboxylic acids is 1. The number of benzene rings is 1. The minimum Gasteiger partial charge on any atom is -0.398 e. The number of piperazine rings is 1. The van der Waals surface area contributed by atoms with Crippen LogP contribution >= 0.6 is 0 Å². The molecule has 0 spiro atoms. The first-order chi connectivity index (χ1) is 10.2. The molecule has 21 heavy (non-hydrogen) atoms. The van der Waals surface area contributed by atoms with Gasteiger partial charge in [0.15, 0.2) is 0 Å². The van der Waals surface area contributed by atoms with Gasteiger partial charge in [-0.2, -0.15) is 0 Å². The molecule has 2 fully saturated rings. The second-order valence-corrected chi connectivity index (χ2v) is 6.29. The highest BCUT2D eigenvalue weighted by atomic mass is 16.2. The monoisotopic (exact) mass is 287 g/mol. The lowest BCUT2D eigenvalue weighted by molar-refractivity contribution is 0.0573. The quantitative estimate of drug-likeness (QED) is 0.849. The van der Waals surface area contributed by atoms with Gasteiger partial charge in [-0.1, -0.05) is 18.9 Å². The molecule has 0 radical (unpaired) electrons. The molecule has 114 valence electrons. The summed E-state index contributed by atoms with van der Waals surface area (Å²) in [5, 5.41) is 0. The molecule has 2 N–H and O–H groups in total. The zero-order valence-corrected chi connectivity index (χ0v) is 12.8. The summed E-state index contributed by atoms with van der Waals surface area (Å²) in [7, 11) is 0. The summed E-state index contributed by atoms with van der Waals surface area (Å²) in [6, 6.07) is 6.36. The van der Waals surface area contributed by atoms with Crippen LogP contribution in [-0.2, 0) is 0 Å². The molecule has 0 unspecified atom stereocenters. The first-order valence-electron chi connectivity index (χ1n) is 8.05. The van der Waals surface area contributed by atoms with Gasteiger partial charge in [0.05, 0.1) is 0 Å². The highest BCUT2D eigenvalue weighted by Gasteiger charge is 2.28. The molecule has 0 atom stereocenters. The van der Waals surface area contributed by atoms with E-state index in [0.29, 0.717) is 5.69 Å². The van der Waals surface area contributed by atoms with E-state index in [1.165, 1.54) is 25.7 Å². The molecule has 1 aliphatic heterocycles. The first-order valence-corrected chi connectivity index (χ1v) is 8.05. The lowest BCUT2D eigenvalue weighted by Crippen LogP contribution is -2.51. The van der Waals surface area contributed by atoms with Gasteiger partial charge in [-0.25, -0.2) is 0 Å². The van der Waals surface area contributed by atoms with Crippen LogP contribution in [0.5, 0.6) is 0 Å². The Morgan fingerprint density at radius 1 is 1.14 bits per heavy atom. The molecule has 4 heteroatoms. The minimum atomic E-state index is 0.130. The minimum absolute atomic E-state index is 0.130. The molecule has 1 aliphatic carbocycles. The van der Waals surface area contributed by atoms with Crippen molar-refractivity contribution in [2.24, 2.45) is 0 Å². The van der Waals surface area contributed by atoms with Gasteiger partial charge in [0.1, 0.15) is 0 Å². The van der Waals surface area contributed by atoms with E-state index in [4.69, 9.17) is 5.73 Å². The molecule has 4 nitrogen and oxygen atoms in total. The molecule has 3 rings (SSSR count). The number of nitrogens with zero attached hydrogens (tertiary/aromatic N) is 2. The molecule has 1 saturated carbocycles. The fourth-order valence-corrected chi connectivity index (χ4v) is 3.62. The van der Waals surface area contributed by atoms with E-state index in [-0.39, 0.29) is 5.91 Å². The highest BCUT2D eigenvalue weighted by molar-refractivity contribution is 5.97. The summed E-state index contributed by atoms with van der Waals surface area (Å²) in [6.07, 6.45) is 5.41. The molecule has 2 aliphatic rings. The predicted octanol–water partition coefficient (Wildman–Crippen LogP) is 2.28. The lowest BCUT2D eigenvalue weighted by Gasteiger charge is -2.38. The summed E-state index contributed by atoms with van der Waals surface area (Å²) in [5.74, 6) is 0.130. The third-order valence-electron chi connectivity index (χ3n) is 5.05. The van der Waals surface area contributed by atoms with Gasteiger partial charge in [0.2, 0.25) is 0 Å². The van der Waals surface area contributed by atoms with Gasteiger partial charge >= 0.3 is 0 Å². The molecule has 1 amide bonds. The van der Waals surface area contributed by atoms with Crippen molar-refractivity contribution in [2.75, 3.05) is 31.9 Å². The van der Waals surface area contributed by atoms with Crippen molar-refractivity contribution >= 4 is 11.6 Å². The third-order valence-corrected chi connectivity index (χ3v) is 5.05. The summed E-state index contributed by atoms with van der Waals surface area (Å²) in [4.78, 5) is 17.2. The summed E-state index contributed by atoms with van der Waals surface area (Å²) < 4.78 is 0. The van der Waals surface area contributed by atoms with Crippen LogP contribution in [0.2, 0.25) is 0 Å². The van der Waals surface area contributed by atoms with Crippen molar-refractivity contribution in [2.45, 2.75) is 38.6 Å². The van der Waals surface area contributed by atoms with Crippen LogP contribution in [-0.4, -0.2) is 47.9 Å². The average Bonchev–Trinajstić information content (AvgIpc) is 3.04. The number of hydrogen-bond donors (Lipinski definition) is 1. The van der Waals surface area contributed by atoms with Gasteiger partial charge in [-0.15, -0.1) is 0 Å². The van der Waals surface area contributed by atoms with E-state index in [1.807, 2.05) is 30.0 Å². The zero-order chi connectivity index (χ0) is 14.8. The molecule has 1 aromatic rings. The van der Waals surface area contributed by atoms with Gasteiger partial charge in [0, 0.05) is 43.5 Å². The van der Waals surface area contributed by atoms with E-state index < -0.39 is 0 Å². The van der Waals surface area contributed by atoms with Crippen LogP contribution in [0.15, 0.2) is 18.2 Å². The summed E-state index contributed by atoms with van der Waals surface area (Å²) in [5.41, 5.74) is 8.27. The second kappa shape index (κ2) is 6.06. The second-order valence-electron chi connectivity index (χ2n) is 6.29. The van der Waals surface area contributed by atoms with Crippen molar-refractivity contribution in [1.29, 1.82) is 0 Å². The maximum absolute atomic E-state index is 12.7. The zero-order valence-electron chi connectivity index (χ0n) is 12.8. The smallest absolute Gasteiger partial charge is 0.254 e. The van der Waals surface area contributed by atoms with E-state index >= 15 is 0 Å². The molecular formula is C17H25N3O. The molecule has 1 aromatic carbocycles. The number of rotatable bonds is 2. The van der Waals surface area contributed by atoms with E-state index in [9.17, 15) is 4.79 Å². The first kappa shape index (κ1) is 14.4. The Kier molecular flexibility index (Phi) is 4.15. The number of amides is 1. The number of nitrogens with two attached hydrogens (primary N) is 1. The lowest BCUT2D eigenvalue weighted by atomic mass is 10.1. The van der Waals surface area contributed by atoms with Crippen LogP contribution in [0, 0.1) is 6.92 Å². The Bertz CT molecular complexity index is 515. The number of carbonyl (C=O) groups is 1. The van der Waals surface area contributed by atoms with E-state index in [0.717, 1.165) is 43.3 Å². The maximum atomic E-state index is 12.7. The van der Waals surface area contributed by atoms with E-state index in [1.54, 1.807) is 0 Å². The van der Waals surface area contributed by atoms with Crippen LogP contribution in [0.3, 0.4) is 0 Å². The molecular weight excluding hydrogens is 262 g/mol. The standard InChI is InChI=1S/C17H25N3O/c1-13-15(7-4-8-16(13)18)17(21)20-11-9-19(10-12-20)14-5-2-3-6-14/h4,7-8,14H,2-3,5-6,9-12,18H2,1H3. The van der Waals surface area contributed by atoms with Crippen molar-refractivity contribution < 1.29 is 4.79 Å². The van der Waals surface area contributed by atoms with Gasteiger partial charge < -0.3 is 10.6 Å². The maximum Gasteiger partial charge on any atom is 0.254 e. The van der Waals surface area contributed by atoms with Crippen molar-refractivity contribution in [1.82, 2.24) is 9.80 Å². The Morgan fingerprint density at radius 3 is 2.48 bits per heavy atom. The van der Waals surface area contributed by atoms with Crippen LogP contribution in [0.1, 0.15) is 41.6 Å². The van der Waals surface area contributed by atoms with Gasteiger partial charge in [0.25, 0.3) is 5.91 Å². The Morgan fingerprint density at radius 2 is 1.81 bits per heavy atom. The van der Waals surface area contributed by atoms with Crippen molar-refractivity contribution in [3.8, 4) is 0 Å². The normalized spacial score (nSPS) is 20.9. The summed E-state index contributed by atoms with van der Waals surface area (Å²) >= 11 is 0. The number of anilines is 1. The third kappa shape index (κ3) is 2.91. The largest absolute Gasteiger partial charge is 0.398 e. The number of hydrogen-bond acceptors (Lipinski definition) is 3. The van der Waals surface area contributed by atoms with Crippen LogP contribution in [0.4, 0.5) is 5.69 Å².